The van der Waals surface area contributed by atoms with Gasteiger partial charge in [0.25, 0.3) is 0 Å². The van der Waals surface area contributed by atoms with Crippen molar-refractivity contribution in [2.45, 2.75) is 105 Å². The maximum absolute atomic E-state index is 10.6. The second-order valence-corrected chi connectivity index (χ2v) is 6.86. The van der Waals surface area contributed by atoms with Gasteiger partial charge < -0.3 is 5.11 Å². The van der Waals surface area contributed by atoms with Crippen molar-refractivity contribution in [1.82, 2.24) is 0 Å². The molecular weight excluding hydrogens is 280 g/mol. The van der Waals surface area contributed by atoms with Crippen molar-refractivity contribution in [3.05, 3.63) is 28.3 Å². The van der Waals surface area contributed by atoms with E-state index in [4.69, 9.17) is 0 Å². The highest BCUT2D eigenvalue weighted by molar-refractivity contribution is 5.49. The number of rotatable bonds is 12. The topological polar surface area (TPSA) is 20.2 Å². The van der Waals surface area contributed by atoms with Crippen molar-refractivity contribution in [2.75, 3.05) is 0 Å². The number of aryl methyl sites for hydroxylation is 1. The molecule has 1 aromatic carbocycles. The molecule has 0 heterocycles. The van der Waals surface area contributed by atoms with E-state index >= 15 is 0 Å². The Bertz CT molecular complexity index is 448. The molecule has 23 heavy (non-hydrogen) atoms. The first kappa shape index (κ1) is 20.1. The zero-order chi connectivity index (χ0) is 17.1. The number of phenolic OH excluding ortho intramolecular Hbond substituents is 1. The van der Waals surface area contributed by atoms with Crippen LogP contribution in [0.2, 0.25) is 0 Å². The molecule has 1 rings (SSSR count). The number of unbranched alkanes of at least 4 members (excludes halogenated alkanes) is 5. The van der Waals surface area contributed by atoms with E-state index in [1.165, 1.54) is 68.1 Å². The fourth-order valence-electron chi connectivity index (χ4n) is 3.59. The van der Waals surface area contributed by atoms with E-state index in [1.807, 2.05) is 0 Å². The van der Waals surface area contributed by atoms with Gasteiger partial charge in [-0.3, -0.25) is 0 Å². The maximum Gasteiger partial charge on any atom is 0.119 e. The van der Waals surface area contributed by atoms with E-state index in [1.54, 1.807) is 5.56 Å². The predicted molar refractivity (Wildman–Crippen MR) is 103 cm³/mol. The molecule has 0 aliphatic heterocycles. The highest BCUT2D eigenvalue weighted by Gasteiger charge is 2.16. The van der Waals surface area contributed by atoms with E-state index in [9.17, 15) is 5.11 Å². The minimum atomic E-state index is 0.559. The average Bonchev–Trinajstić information content (AvgIpc) is 2.55. The first-order valence-electron chi connectivity index (χ1n) is 10.0. The van der Waals surface area contributed by atoms with Gasteiger partial charge in [-0.15, -0.1) is 0 Å². The Labute approximate surface area is 144 Å². The van der Waals surface area contributed by atoms with Crippen LogP contribution in [0.4, 0.5) is 0 Å². The van der Waals surface area contributed by atoms with Crippen LogP contribution in [-0.4, -0.2) is 5.11 Å². The lowest BCUT2D eigenvalue weighted by Crippen LogP contribution is -2.06. The monoisotopic (exact) mass is 318 g/mol. The molecule has 0 aliphatic carbocycles. The van der Waals surface area contributed by atoms with Crippen molar-refractivity contribution >= 4 is 0 Å². The van der Waals surface area contributed by atoms with Crippen molar-refractivity contribution in [2.24, 2.45) is 0 Å². The molecule has 132 valence electrons. The van der Waals surface area contributed by atoms with Crippen molar-refractivity contribution in [1.29, 1.82) is 0 Å². The number of phenols is 1. The molecule has 1 heteroatoms. The zero-order valence-corrected chi connectivity index (χ0v) is 16.0. The lowest BCUT2D eigenvalue weighted by Gasteiger charge is -2.20. The fraction of sp³-hybridized carbons (Fsp3) is 0.727. The zero-order valence-electron chi connectivity index (χ0n) is 16.0. The summed E-state index contributed by atoms with van der Waals surface area (Å²) in [4.78, 5) is 0. The van der Waals surface area contributed by atoms with Crippen molar-refractivity contribution in [3.8, 4) is 5.75 Å². The number of hydrogen-bond acceptors (Lipinski definition) is 1. The lowest BCUT2D eigenvalue weighted by molar-refractivity contribution is 0.463. The van der Waals surface area contributed by atoms with E-state index in [0.29, 0.717) is 5.75 Å². The van der Waals surface area contributed by atoms with Gasteiger partial charge in [0.1, 0.15) is 5.75 Å². The van der Waals surface area contributed by atoms with Gasteiger partial charge >= 0.3 is 0 Å². The molecular formula is C22H38O. The van der Waals surface area contributed by atoms with Gasteiger partial charge in [0, 0.05) is 0 Å². The summed E-state index contributed by atoms with van der Waals surface area (Å²) >= 11 is 0. The molecule has 0 amide bonds. The molecule has 1 N–H and O–H groups in total. The second kappa shape index (κ2) is 11.5. The minimum Gasteiger partial charge on any atom is -0.508 e. The summed E-state index contributed by atoms with van der Waals surface area (Å²) in [6.45, 7) is 8.99. The van der Waals surface area contributed by atoms with E-state index in [2.05, 4.69) is 33.8 Å². The molecule has 0 radical (unpaired) electrons. The molecule has 0 atom stereocenters. The molecule has 1 nitrogen and oxygen atoms in total. The van der Waals surface area contributed by atoms with Crippen LogP contribution in [0.1, 0.15) is 101 Å². The van der Waals surface area contributed by atoms with Gasteiger partial charge in [-0.2, -0.15) is 0 Å². The number of aromatic hydroxyl groups is 1. The Morgan fingerprint density at radius 1 is 0.652 bits per heavy atom. The van der Waals surface area contributed by atoms with Crippen LogP contribution in [0.15, 0.2) is 6.07 Å². The summed E-state index contributed by atoms with van der Waals surface area (Å²) in [6, 6.07) is 2.06. The summed E-state index contributed by atoms with van der Waals surface area (Å²) in [5.41, 5.74) is 5.66. The third kappa shape index (κ3) is 6.20. The first-order chi connectivity index (χ1) is 11.2. The summed E-state index contributed by atoms with van der Waals surface area (Å²) in [5, 5.41) is 10.6. The molecule has 1 aromatic rings. The molecule has 0 saturated heterocycles. The van der Waals surface area contributed by atoms with Crippen molar-refractivity contribution < 1.29 is 5.11 Å². The first-order valence-corrected chi connectivity index (χ1v) is 10.0. The van der Waals surface area contributed by atoms with Crippen LogP contribution in [-0.2, 0) is 25.7 Å². The van der Waals surface area contributed by atoms with Gasteiger partial charge in [-0.25, -0.2) is 0 Å². The lowest BCUT2D eigenvalue weighted by atomic mass is 9.86. The highest BCUT2D eigenvalue weighted by atomic mass is 16.3. The summed E-state index contributed by atoms with van der Waals surface area (Å²) in [5.74, 6) is 0.559. The molecule has 0 saturated carbocycles. The van der Waals surface area contributed by atoms with Gasteiger partial charge in [-0.05, 0) is 66.8 Å². The Hall–Kier alpha value is -0.980. The number of benzene rings is 1. The Morgan fingerprint density at radius 3 is 1.91 bits per heavy atom. The Morgan fingerprint density at radius 2 is 1.30 bits per heavy atom. The fourth-order valence-corrected chi connectivity index (χ4v) is 3.59. The van der Waals surface area contributed by atoms with E-state index < -0.39 is 0 Å². The third-order valence-corrected chi connectivity index (χ3v) is 4.93. The molecule has 0 aromatic heterocycles. The summed E-state index contributed by atoms with van der Waals surface area (Å²) < 4.78 is 0. The maximum atomic E-state index is 10.6. The van der Waals surface area contributed by atoms with Crippen molar-refractivity contribution in [3.63, 3.8) is 0 Å². The van der Waals surface area contributed by atoms with Crippen LogP contribution in [0, 0.1) is 0 Å². The molecule has 0 spiro atoms. The van der Waals surface area contributed by atoms with Gasteiger partial charge in [0.05, 0.1) is 0 Å². The molecule has 0 bridgehead atoms. The molecule has 0 aliphatic rings. The SMILES string of the molecule is CCCCCCCc1c(O)cc(CC)c(CCC)c1CCCC. The van der Waals surface area contributed by atoms with Gasteiger partial charge in [-0.1, -0.05) is 66.2 Å². The van der Waals surface area contributed by atoms with Crippen LogP contribution in [0.5, 0.6) is 5.75 Å². The third-order valence-electron chi connectivity index (χ3n) is 4.93. The smallest absolute Gasteiger partial charge is 0.119 e. The summed E-state index contributed by atoms with van der Waals surface area (Å²) in [7, 11) is 0. The van der Waals surface area contributed by atoms with Crippen LogP contribution >= 0.6 is 0 Å². The largest absolute Gasteiger partial charge is 0.508 e. The van der Waals surface area contributed by atoms with Crippen LogP contribution in [0.3, 0.4) is 0 Å². The standard InChI is InChI=1S/C22H38O/c1-5-9-11-12-13-16-21-20(15-10-6-2)19(14-7-3)18(8-4)17-22(21)23/h17,23H,5-16H2,1-4H3. The summed E-state index contributed by atoms with van der Waals surface area (Å²) in [6.07, 6.45) is 14.5. The van der Waals surface area contributed by atoms with E-state index in [0.717, 1.165) is 25.7 Å². The quantitative estimate of drug-likeness (QED) is 0.422. The average molecular weight is 319 g/mol. The molecule has 0 fully saturated rings. The second-order valence-electron chi connectivity index (χ2n) is 6.86. The van der Waals surface area contributed by atoms with Gasteiger partial charge in [0.15, 0.2) is 0 Å². The Balaban J connectivity index is 3.01. The highest BCUT2D eigenvalue weighted by Crippen LogP contribution is 2.32. The Kier molecular flexibility index (Phi) is 10.1. The van der Waals surface area contributed by atoms with Crippen LogP contribution in [0.25, 0.3) is 0 Å². The molecule has 0 unspecified atom stereocenters. The van der Waals surface area contributed by atoms with Crippen LogP contribution < -0.4 is 0 Å². The van der Waals surface area contributed by atoms with E-state index in [-0.39, 0.29) is 0 Å². The predicted octanol–water partition coefficient (Wildman–Crippen LogP) is 6.76. The minimum absolute atomic E-state index is 0.559. The number of hydrogen-bond donors (Lipinski definition) is 1. The van der Waals surface area contributed by atoms with Gasteiger partial charge in [0.2, 0.25) is 0 Å². The normalized spacial score (nSPS) is 11.1.